The van der Waals surface area contributed by atoms with Crippen LogP contribution >= 0.6 is 11.3 Å². The Labute approximate surface area is 117 Å². The van der Waals surface area contributed by atoms with Crippen molar-refractivity contribution in [2.75, 3.05) is 6.26 Å². The second kappa shape index (κ2) is 5.81. The molecule has 1 aromatic carbocycles. The topological polar surface area (TPSA) is 59.1 Å². The minimum atomic E-state index is -3.12. The van der Waals surface area contributed by atoms with Gasteiger partial charge in [0.1, 0.15) is 5.01 Å². The number of hydrogen-bond donors (Lipinski definition) is 1. The van der Waals surface area contributed by atoms with Crippen molar-refractivity contribution in [3.63, 3.8) is 0 Å². The standard InChI is InChI=1S/C13H16N2O2S2/c1-10(15-9-13-14-7-8-18-13)11-3-5-12(6-4-11)19(2,16)17/h3-8,10,15H,9H2,1-2H3. The molecule has 2 aromatic rings. The molecule has 1 heterocycles. The lowest BCUT2D eigenvalue weighted by atomic mass is 10.1. The van der Waals surface area contributed by atoms with Crippen molar-refractivity contribution in [2.24, 2.45) is 0 Å². The predicted octanol–water partition coefficient (Wildman–Crippen LogP) is 2.40. The minimum Gasteiger partial charge on any atom is -0.304 e. The molecule has 19 heavy (non-hydrogen) atoms. The van der Waals surface area contributed by atoms with Crippen molar-refractivity contribution in [2.45, 2.75) is 24.4 Å². The van der Waals surface area contributed by atoms with E-state index in [0.717, 1.165) is 10.6 Å². The average molecular weight is 296 g/mol. The van der Waals surface area contributed by atoms with Gasteiger partial charge in [0.2, 0.25) is 0 Å². The lowest BCUT2D eigenvalue weighted by Crippen LogP contribution is -2.18. The van der Waals surface area contributed by atoms with Crippen LogP contribution in [0.25, 0.3) is 0 Å². The molecule has 0 aliphatic rings. The summed E-state index contributed by atoms with van der Waals surface area (Å²) in [5.41, 5.74) is 1.06. The fourth-order valence-electron chi connectivity index (χ4n) is 1.70. The van der Waals surface area contributed by atoms with E-state index in [9.17, 15) is 8.42 Å². The van der Waals surface area contributed by atoms with Crippen molar-refractivity contribution in [3.05, 3.63) is 46.4 Å². The van der Waals surface area contributed by atoms with Crippen molar-refractivity contribution < 1.29 is 8.42 Å². The van der Waals surface area contributed by atoms with Crippen LogP contribution in [-0.2, 0) is 16.4 Å². The highest BCUT2D eigenvalue weighted by Gasteiger charge is 2.09. The average Bonchev–Trinajstić information content (AvgIpc) is 2.88. The molecule has 0 bridgehead atoms. The number of benzene rings is 1. The summed E-state index contributed by atoms with van der Waals surface area (Å²) in [6.45, 7) is 2.76. The van der Waals surface area contributed by atoms with Crippen LogP contribution < -0.4 is 5.32 Å². The van der Waals surface area contributed by atoms with Crippen LogP contribution in [0.1, 0.15) is 23.5 Å². The van der Waals surface area contributed by atoms with Crippen LogP contribution in [0.4, 0.5) is 0 Å². The van der Waals surface area contributed by atoms with E-state index in [2.05, 4.69) is 10.3 Å². The van der Waals surface area contributed by atoms with Crippen LogP contribution in [0.5, 0.6) is 0 Å². The molecule has 1 unspecified atom stereocenters. The highest BCUT2D eigenvalue weighted by atomic mass is 32.2. The Kier molecular flexibility index (Phi) is 4.34. The first-order chi connectivity index (χ1) is 8.97. The van der Waals surface area contributed by atoms with E-state index in [4.69, 9.17) is 0 Å². The third-order valence-corrected chi connectivity index (χ3v) is 4.76. The summed E-state index contributed by atoms with van der Waals surface area (Å²) in [6.07, 6.45) is 3.00. The second-order valence-electron chi connectivity index (χ2n) is 4.37. The van der Waals surface area contributed by atoms with Crippen LogP contribution in [0, 0.1) is 0 Å². The van der Waals surface area contributed by atoms with Gasteiger partial charge in [0.15, 0.2) is 9.84 Å². The fourth-order valence-corrected chi connectivity index (χ4v) is 2.90. The monoisotopic (exact) mass is 296 g/mol. The third-order valence-electron chi connectivity index (χ3n) is 2.85. The molecule has 1 atom stereocenters. The molecule has 4 nitrogen and oxygen atoms in total. The first-order valence-corrected chi connectivity index (χ1v) is 8.65. The zero-order chi connectivity index (χ0) is 13.9. The molecule has 102 valence electrons. The van der Waals surface area contributed by atoms with Crippen molar-refractivity contribution in [1.82, 2.24) is 10.3 Å². The zero-order valence-electron chi connectivity index (χ0n) is 10.8. The van der Waals surface area contributed by atoms with Crippen LogP contribution in [0.15, 0.2) is 40.7 Å². The number of sulfone groups is 1. The molecule has 1 aromatic heterocycles. The van der Waals surface area contributed by atoms with Gasteiger partial charge in [0.05, 0.1) is 4.90 Å². The largest absolute Gasteiger partial charge is 0.304 e. The number of rotatable bonds is 5. The van der Waals surface area contributed by atoms with Gasteiger partial charge in [0.25, 0.3) is 0 Å². The first-order valence-electron chi connectivity index (χ1n) is 5.88. The molecule has 0 aliphatic carbocycles. The molecule has 0 saturated heterocycles. The number of hydrogen-bond acceptors (Lipinski definition) is 5. The zero-order valence-corrected chi connectivity index (χ0v) is 12.5. The molecule has 0 spiro atoms. The van der Waals surface area contributed by atoms with Crippen molar-refractivity contribution in [1.29, 1.82) is 0 Å². The minimum absolute atomic E-state index is 0.150. The van der Waals surface area contributed by atoms with Gasteiger partial charge in [-0.3, -0.25) is 0 Å². The van der Waals surface area contributed by atoms with Crippen LogP contribution in [-0.4, -0.2) is 19.7 Å². The van der Waals surface area contributed by atoms with Crippen molar-refractivity contribution in [3.8, 4) is 0 Å². The number of aromatic nitrogens is 1. The van der Waals surface area contributed by atoms with E-state index >= 15 is 0 Å². The normalized spacial score (nSPS) is 13.4. The maximum absolute atomic E-state index is 11.4. The second-order valence-corrected chi connectivity index (χ2v) is 7.36. The third kappa shape index (κ3) is 3.86. The summed E-state index contributed by atoms with van der Waals surface area (Å²) in [6, 6.07) is 7.13. The molecule has 2 rings (SSSR count). The fraction of sp³-hybridized carbons (Fsp3) is 0.308. The van der Waals surface area contributed by atoms with Gasteiger partial charge in [-0.15, -0.1) is 11.3 Å². The lowest BCUT2D eigenvalue weighted by molar-refractivity contribution is 0.572. The highest BCUT2D eigenvalue weighted by Crippen LogP contribution is 2.17. The number of thiazole rings is 1. The Morgan fingerprint density at radius 1 is 1.32 bits per heavy atom. The van der Waals surface area contributed by atoms with E-state index in [1.807, 2.05) is 24.4 Å². The summed E-state index contributed by atoms with van der Waals surface area (Å²) in [4.78, 5) is 4.56. The Morgan fingerprint density at radius 2 is 2.00 bits per heavy atom. The summed E-state index contributed by atoms with van der Waals surface area (Å²) < 4.78 is 22.7. The predicted molar refractivity (Wildman–Crippen MR) is 76.9 cm³/mol. The van der Waals surface area contributed by atoms with Gasteiger partial charge in [0, 0.05) is 30.4 Å². The Bertz CT molecular complexity index is 619. The first kappa shape index (κ1) is 14.2. The maximum atomic E-state index is 11.4. The van der Waals surface area contributed by atoms with Gasteiger partial charge in [-0.2, -0.15) is 0 Å². The van der Waals surface area contributed by atoms with Gasteiger partial charge in [-0.25, -0.2) is 13.4 Å². The maximum Gasteiger partial charge on any atom is 0.175 e. The SMILES string of the molecule is CC(NCc1nccs1)c1ccc(S(C)(=O)=O)cc1. The molecule has 0 saturated carbocycles. The van der Waals surface area contributed by atoms with Crippen LogP contribution in [0.3, 0.4) is 0 Å². The summed E-state index contributed by atoms with van der Waals surface area (Å²) in [7, 11) is -3.12. The Morgan fingerprint density at radius 3 is 2.53 bits per heavy atom. The van der Waals surface area contributed by atoms with Crippen LogP contribution in [0.2, 0.25) is 0 Å². The molecule has 0 aliphatic heterocycles. The quantitative estimate of drug-likeness (QED) is 0.920. The molecular formula is C13H16N2O2S2. The molecular weight excluding hydrogens is 280 g/mol. The van der Waals surface area contributed by atoms with Gasteiger partial charge < -0.3 is 5.32 Å². The van der Waals surface area contributed by atoms with Gasteiger partial charge in [-0.1, -0.05) is 12.1 Å². The van der Waals surface area contributed by atoms with Gasteiger partial charge in [-0.05, 0) is 24.6 Å². The van der Waals surface area contributed by atoms with E-state index < -0.39 is 9.84 Å². The molecule has 0 radical (unpaired) electrons. The lowest BCUT2D eigenvalue weighted by Gasteiger charge is -2.13. The molecule has 0 amide bonds. The van der Waals surface area contributed by atoms with E-state index in [1.54, 1.807) is 29.7 Å². The Hall–Kier alpha value is -1.24. The summed E-state index contributed by atoms with van der Waals surface area (Å²) in [5, 5.41) is 6.35. The van der Waals surface area contributed by atoms with E-state index in [0.29, 0.717) is 11.4 Å². The molecule has 0 fully saturated rings. The number of nitrogens with one attached hydrogen (secondary N) is 1. The van der Waals surface area contributed by atoms with E-state index in [-0.39, 0.29) is 6.04 Å². The summed E-state index contributed by atoms with van der Waals surface area (Å²) in [5.74, 6) is 0. The van der Waals surface area contributed by atoms with Crippen molar-refractivity contribution >= 4 is 21.2 Å². The molecule has 1 N–H and O–H groups in total. The molecule has 6 heteroatoms. The van der Waals surface area contributed by atoms with E-state index in [1.165, 1.54) is 6.26 Å². The highest BCUT2D eigenvalue weighted by molar-refractivity contribution is 7.90. The summed E-state index contributed by atoms with van der Waals surface area (Å²) >= 11 is 1.61. The smallest absolute Gasteiger partial charge is 0.175 e. The number of nitrogens with zero attached hydrogens (tertiary/aromatic N) is 1. The van der Waals surface area contributed by atoms with Gasteiger partial charge >= 0.3 is 0 Å². The Balaban J connectivity index is 2.01.